The van der Waals surface area contributed by atoms with Crippen LogP contribution in [0.5, 0.6) is 0 Å². The fourth-order valence-corrected chi connectivity index (χ4v) is 3.25. The Morgan fingerprint density at radius 1 is 1.08 bits per heavy atom. The molecule has 0 spiro atoms. The molecule has 3 rings (SSSR count). The molecule has 0 aromatic heterocycles. The quantitative estimate of drug-likeness (QED) is 0.612. The van der Waals surface area contributed by atoms with Crippen molar-refractivity contribution >= 4 is 51.8 Å². The molecule has 1 aliphatic heterocycles. The maximum absolute atomic E-state index is 13.0. The summed E-state index contributed by atoms with van der Waals surface area (Å²) in [5.41, 5.74) is 1.85. The number of hydrogen-bond donors (Lipinski definition) is 0. The van der Waals surface area contributed by atoms with Gasteiger partial charge in [0.15, 0.2) is 0 Å². The minimum Gasteiger partial charge on any atom is -0.325 e. The van der Waals surface area contributed by atoms with Gasteiger partial charge >= 0.3 is 6.18 Å². The standard InChI is InChI=1S/C17H11Cl2F3N2S/c18-10-5-6-14-12(7-10)16(11-3-1-2-4-13(11)19)23-8-15(25)24(14)9-17(20,21)22/h1-7H,8-9H2. The van der Waals surface area contributed by atoms with Crippen LogP contribution in [0.4, 0.5) is 18.9 Å². The Morgan fingerprint density at radius 3 is 2.48 bits per heavy atom. The minimum absolute atomic E-state index is 0.0434. The Morgan fingerprint density at radius 2 is 1.80 bits per heavy atom. The van der Waals surface area contributed by atoms with E-state index in [1.54, 1.807) is 30.3 Å². The van der Waals surface area contributed by atoms with Crippen LogP contribution in [0.15, 0.2) is 47.5 Å². The van der Waals surface area contributed by atoms with E-state index in [-0.39, 0.29) is 11.5 Å². The maximum atomic E-state index is 13.0. The van der Waals surface area contributed by atoms with Crippen molar-refractivity contribution in [2.45, 2.75) is 6.18 Å². The number of aliphatic imine (C=N–C) groups is 1. The number of alkyl halides is 3. The van der Waals surface area contributed by atoms with E-state index in [9.17, 15) is 13.2 Å². The normalized spacial score (nSPS) is 14.8. The summed E-state index contributed by atoms with van der Waals surface area (Å²) in [6.07, 6.45) is -4.41. The van der Waals surface area contributed by atoms with Gasteiger partial charge in [0.05, 0.1) is 17.9 Å². The van der Waals surface area contributed by atoms with Crippen LogP contribution in [0.2, 0.25) is 10.0 Å². The molecule has 1 aliphatic rings. The molecule has 0 atom stereocenters. The largest absolute Gasteiger partial charge is 0.406 e. The van der Waals surface area contributed by atoms with Crippen molar-refractivity contribution in [1.82, 2.24) is 0 Å². The van der Waals surface area contributed by atoms with Crippen LogP contribution in [0.25, 0.3) is 0 Å². The van der Waals surface area contributed by atoms with Gasteiger partial charge in [-0.05, 0) is 24.3 Å². The van der Waals surface area contributed by atoms with Crippen LogP contribution in [0.3, 0.4) is 0 Å². The fraction of sp³-hybridized carbons (Fsp3) is 0.176. The molecule has 0 N–H and O–H groups in total. The Bertz CT molecular complexity index is 865. The fourth-order valence-electron chi connectivity index (χ4n) is 2.62. The number of nitrogens with zero attached hydrogens (tertiary/aromatic N) is 2. The summed E-state index contributed by atoms with van der Waals surface area (Å²) < 4.78 is 39.1. The molecule has 0 fully saturated rings. The van der Waals surface area contributed by atoms with Crippen LogP contribution >= 0.6 is 35.4 Å². The van der Waals surface area contributed by atoms with Gasteiger partial charge in [0.1, 0.15) is 11.5 Å². The van der Waals surface area contributed by atoms with E-state index < -0.39 is 12.7 Å². The number of fused-ring (bicyclic) bond motifs is 1. The highest BCUT2D eigenvalue weighted by atomic mass is 35.5. The summed E-state index contributed by atoms with van der Waals surface area (Å²) >= 11 is 17.5. The third-order valence-corrected chi connectivity index (χ3v) is 4.56. The molecular weight excluding hydrogens is 392 g/mol. The molecule has 0 bridgehead atoms. The average molecular weight is 403 g/mol. The van der Waals surface area contributed by atoms with Crippen molar-refractivity contribution in [3.05, 3.63) is 63.6 Å². The summed E-state index contributed by atoms with van der Waals surface area (Å²) in [4.78, 5) is 5.56. The predicted molar refractivity (Wildman–Crippen MR) is 99.4 cm³/mol. The number of anilines is 1. The van der Waals surface area contributed by atoms with Crippen molar-refractivity contribution < 1.29 is 13.2 Å². The summed E-state index contributed by atoms with van der Waals surface area (Å²) in [5.74, 6) is 0. The highest BCUT2D eigenvalue weighted by molar-refractivity contribution is 7.80. The van der Waals surface area contributed by atoms with Crippen LogP contribution in [0, 0.1) is 0 Å². The summed E-state index contributed by atoms with van der Waals surface area (Å²) in [7, 11) is 0. The van der Waals surface area contributed by atoms with Gasteiger partial charge in [0, 0.05) is 21.2 Å². The summed E-state index contributed by atoms with van der Waals surface area (Å²) in [6.45, 7) is -1.23. The van der Waals surface area contributed by atoms with Crippen LogP contribution < -0.4 is 4.90 Å². The second kappa shape index (κ2) is 6.94. The number of hydrogen-bond acceptors (Lipinski definition) is 2. The number of rotatable bonds is 2. The molecular formula is C17H11Cl2F3N2S. The van der Waals surface area contributed by atoms with Crippen molar-refractivity contribution in [3.63, 3.8) is 0 Å². The third-order valence-electron chi connectivity index (χ3n) is 3.64. The lowest BCUT2D eigenvalue weighted by atomic mass is 10.00. The SMILES string of the molecule is FC(F)(F)CN1C(=S)CN=C(c2ccccc2Cl)c2cc(Cl)ccc21. The van der Waals surface area contributed by atoms with Crippen molar-refractivity contribution in [2.24, 2.45) is 4.99 Å². The van der Waals surface area contributed by atoms with Crippen LogP contribution in [-0.4, -0.2) is 30.0 Å². The lowest BCUT2D eigenvalue weighted by molar-refractivity contribution is -0.117. The van der Waals surface area contributed by atoms with Gasteiger partial charge < -0.3 is 4.90 Å². The zero-order valence-corrected chi connectivity index (χ0v) is 15.0. The molecule has 0 unspecified atom stereocenters. The smallest absolute Gasteiger partial charge is 0.325 e. The first-order chi connectivity index (χ1) is 11.8. The van der Waals surface area contributed by atoms with Crippen LogP contribution in [0.1, 0.15) is 11.1 Å². The highest BCUT2D eigenvalue weighted by Gasteiger charge is 2.35. The molecule has 2 aromatic rings. The Balaban J connectivity index is 2.19. The lowest BCUT2D eigenvalue weighted by Gasteiger charge is -2.26. The maximum Gasteiger partial charge on any atom is 0.406 e. The number of thiocarbonyl (C=S) groups is 1. The number of benzodiazepines with no additional fused rings is 1. The molecule has 0 saturated heterocycles. The van der Waals surface area contributed by atoms with E-state index in [1.165, 1.54) is 12.1 Å². The Kier molecular flexibility index (Phi) is 5.04. The first-order valence-electron chi connectivity index (χ1n) is 7.22. The van der Waals surface area contributed by atoms with E-state index in [2.05, 4.69) is 4.99 Å². The molecule has 2 nitrogen and oxygen atoms in total. The first kappa shape index (κ1) is 18.2. The second-order valence-corrected chi connectivity index (χ2v) is 6.72. The van der Waals surface area contributed by atoms with Crippen molar-refractivity contribution in [3.8, 4) is 0 Å². The molecule has 0 saturated carbocycles. The lowest BCUT2D eigenvalue weighted by Crippen LogP contribution is -2.39. The van der Waals surface area contributed by atoms with Crippen molar-refractivity contribution in [2.75, 3.05) is 18.0 Å². The molecule has 0 aliphatic carbocycles. The van der Waals surface area contributed by atoms with E-state index >= 15 is 0 Å². The Hall–Kier alpha value is -1.63. The highest BCUT2D eigenvalue weighted by Crippen LogP contribution is 2.33. The first-order valence-corrected chi connectivity index (χ1v) is 8.39. The molecule has 0 amide bonds. The molecule has 25 heavy (non-hydrogen) atoms. The molecule has 2 aromatic carbocycles. The molecule has 0 radical (unpaired) electrons. The zero-order chi connectivity index (χ0) is 18.2. The average Bonchev–Trinajstić information content (AvgIpc) is 2.65. The second-order valence-electron chi connectivity index (χ2n) is 5.40. The monoisotopic (exact) mass is 402 g/mol. The minimum atomic E-state index is -4.41. The van der Waals surface area contributed by atoms with Gasteiger partial charge in [-0.2, -0.15) is 13.2 Å². The topological polar surface area (TPSA) is 15.6 Å². The predicted octanol–water partition coefficient (Wildman–Crippen LogP) is 5.54. The van der Waals surface area contributed by atoms with E-state index in [1.807, 2.05) is 0 Å². The van der Waals surface area contributed by atoms with Gasteiger partial charge in [-0.15, -0.1) is 0 Å². The zero-order valence-electron chi connectivity index (χ0n) is 12.6. The summed E-state index contributed by atoms with van der Waals surface area (Å²) in [5, 5.41) is 0.834. The van der Waals surface area contributed by atoms with Crippen LogP contribution in [-0.2, 0) is 0 Å². The molecule has 130 valence electrons. The van der Waals surface area contributed by atoms with Gasteiger partial charge in [0.2, 0.25) is 0 Å². The Labute approximate surface area is 157 Å². The van der Waals surface area contributed by atoms with E-state index in [0.717, 1.165) is 4.90 Å². The number of benzene rings is 2. The number of halogens is 5. The molecule has 8 heteroatoms. The molecule has 1 heterocycles. The van der Waals surface area contributed by atoms with Gasteiger partial charge in [-0.1, -0.05) is 53.6 Å². The van der Waals surface area contributed by atoms with Gasteiger partial charge in [-0.3, -0.25) is 4.99 Å². The van der Waals surface area contributed by atoms with Crippen molar-refractivity contribution in [1.29, 1.82) is 0 Å². The van der Waals surface area contributed by atoms with Gasteiger partial charge in [0.25, 0.3) is 0 Å². The van der Waals surface area contributed by atoms with E-state index in [0.29, 0.717) is 32.6 Å². The third kappa shape index (κ3) is 3.97. The summed E-state index contributed by atoms with van der Waals surface area (Å²) in [6, 6.07) is 11.6. The van der Waals surface area contributed by atoms with Gasteiger partial charge in [-0.25, -0.2) is 0 Å². The van der Waals surface area contributed by atoms with E-state index in [4.69, 9.17) is 35.4 Å².